The molecule has 1 saturated carbocycles. The van der Waals surface area contributed by atoms with E-state index in [4.69, 9.17) is 24.8 Å². The molecule has 204 valence electrons. The van der Waals surface area contributed by atoms with Gasteiger partial charge in [0.2, 0.25) is 5.95 Å². The Morgan fingerprint density at radius 2 is 2.10 bits per heavy atom. The summed E-state index contributed by atoms with van der Waals surface area (Å²) in [6, 6.07) is 0.132. The second kappa shape index (κ2) is 10.1. The maximum atomic E-state index is 6.40. The van der Waals surface area contributed by atoms with Crippen molar-refractivity contribution in [3.05, 3.63) is 78.2 Å². The average Bonchev–Trinajstić information content (AvgIpc) is 3.41. The molecule has 1 saturated heterocycles. The number of hydrogen-bond acceptors (Lipinski definition) is 9. The molecular formula is C30H33N9O. The van der Waals surface area contributed by atoms with Gasteiger partial charge in [-0.1, -0.05) is 24.8 Å². The van der Waals surface area contributed by atoms with Crippen molar-refractivity contribution in [1.82, 2.24) is 30.1 Å². The SMILES string of the molecule is C=C(C)n1cc(C2=CC=CC3=C(CC=NN3C3CC34CN(c3ncc(C5=CCNCC5)cn3)CCO4)N=C2)cn1. The summed E-state index contributed by atoms with van der Waals surface area (Å²) in [4.78, 5) is 16.6. The van der Waals surface area contributed by atoms with Gasteiger partial charge in [0.15, 0.2) is 0 Å². The first kappa shape index (κ1) is 24.9. The number of nitrogens with zero attached hydrogens (tertiary/aromatic N) is 8. The largest absolute Gasteiger partial charge is 0.369 e. The van der Waals surface area contributed by atoms with E-state index in [0.717, 1.165) is 78.8 Å². The number of rotatable bonds is 5. The number of ether oxygens (including phenoxy) is 1. The number of hydrazone groups is 1. The van der Waals surface area contributed by atoms with Gasteiger partial charge in [0, 0.05) is 79.3 Å². The van der Waals surface area contributed by atoms with Crippen LogP contribution in [0.25, 0.3) is 16.8 Å². The molecule has 7 rings (SSSR count). The quantitative estimate of drug-likeness (QED) is 0.626. The molecule has 0 aromatic carbocycles. The molecule has 1 spiro atoms. The van der Waals surface area contributed by atoms with Gasteiger partial charge >= 0.3 is 0 Å². The Bertz CT molecular complexity index is 1510. The highest BCUT2D eigenvalue weighted by Crippen LogP contribution is 2.49. The summed E-state index contributed by atoms with van der Waals surface area (Å²) in [5.41, 5.74) is 7.00. The Labute approximate surface area is 233 Å². The van der Waals surface area contributed by atoms with Crippen LogP contribution in [0.4, 0.5) is 5.95 Å². The van der Waals surface area contributed by atoms with Crippen molar-refractivity contribution in [2.24, 2.45) is 10.1 Å². The Kier molecular flexibility index (Phi) is 6.28. The first-order valence-corrected chi connectivity index (χ1v) is 13.9. The van der Waals surface area contributed by atoms with E-state index in [-0.39, 0.29) is 11.6 Å². The van der Waals surface area contributed by atoms with Gasteiger partial charge in [-0.25, -0.2) is 14.6 Å². The smallest absolute Gasteiger partial charge is 0.225 e. The number of nitrogens with one attached hydrogen (secondary N) is 1. The van der Waals surface area contributed by atoms with E-state index in [1.807, 2.05) is 44.1 Å². The normalized spacial score (nSPS) is 25.9. The predicted molar refractivity (Wildman–Crippen MR) is 158 cm³/mol. The molecule has 0 bridgehead atoms. The van der Waals surface area contributed by atoms with Crippen molar-refractivity contribution in [3.63, 3.8) is 0 Å². The fourth-order valence-corrected chi connectivity index (χ4v) is 5.75. The van der Waals surface area contributed by atoms with Gasteiger partial charge in [0.25, 0.3) is 0 Å². The molecule has 0 amide bonds. The maximum absolute atomic E-state index is 6.40. The van der Waals surface area contributed by atoms with Crippen molar-refractivity contribution >= 4 is 35.2 Å². The van der Waals surface area contributed by atoms with Crippen molar-refractivity contribution in [1.29, 1.82) is 0 Å². The number of allylic oxidation sites excluding steroid dienone is 6. The molecule has 1 N–H and O–H groups in total. The lowest BCUT2D eigenvalue weighted by atomic mass is 10.0. The average molecular weight is 536 g/mol. The molecule has 1 aliphatic carbocycles. The zero-order chi connectivity index (χ0) is 27.1. The molecule has 2 atom stereocenters. The van der Waals surface area contributed by atoms with Crippen LogP contribution in [-0.2, 0) is 4.74 Å². The highest BCUT2D eigenvalue weighted by molar-refractivity contribution is 6.10. The number of aliphatic imine (C=N–C) groups is 1. The van der Waals surface area contributed by atoms with Gasteiger partial charge in [-0.2, -0.15) is 10.2 Å². The summed E-state index contributed by atoms with van der Waals surface area (Å²) in [5.74, 6) is 0.761. The summed E-state index contributed by atoms with van der Waals surface area (Å²) in [6.45, 7) is 9.95. The molecule has 2 aromatic heterocycles. The fraction of sp³-hybridized carbons (Fsp3) is 0.367. The van der Waals surface area contributed by atoms with Gasteiger partial charge in [0.05, 0.1) is 36.8 Å². The van der Waals surface area contributed by atoms with Crippen LogP contribution < -0.4 is 10.2 Å². The van der Waals surface area contributed by atoms with Gasteiger partial charge in [0.1, 0.15) is 5.60 Å². The van der Waals surface area contributed by atoms with E-state index < -0.39 is 0 Å². The summed E-state index contributed by atoms with van der Waals surface area (Å²) < 4.78 is 8.18. The van der Waals surface area contributed by atoms with Gasteiger partial charge in [-0.15, -0.1) is 0 Å². The van der Waals surface area contributed by atoms with Gasteiger partial charge in [-0.05, 0) is 31.5 Å². The van der Waals surface area contributed by atoms with Crippen LogP contribution in [0.2, 0.25) is 0 Å². The zero-order valence-electron chi connectivity index (χ0n) is 22.7. The van der Waals surface area contributed by atoms with E-state index in [2.05, 4.69) is 51.2 Å². The van der Waals surface area contributed by atoms with Crippen LogP contribution in [-0.4, -0.2) is 81.6 Å². The fourth-order valence-electron chi connectivity index (χ4n) is 5.75. The minimum absolute atomic E-state index is 0.132. The number of aromatic nitrogens is 4. The minimum atomic E-state index is -0.303. The summed E-state index contributed by atoms with van der Waals surface area (Å²) in [6.07, 6.45) is 22.6. The van der Waals surface area contributed by atoms with Gasteiger partial charge < -0.3 is 15.0 Å². The second-order valence-electron chi connectivity index (χ2n) is 10.8. The number of anilines is 1. The molecule has 4 aliphatic heterocycles. The third-order valence-corrected chi connectivity index (χ3v) is 8.08. The van der Waals surface area contributed by atoms with E-state index >= 15 is 0 Å². The van der Waals surface area contributed by atoms with E-state index in [9.17, 15) is 0 Å². The van der Waals surface area contributed by atoms with Crippen LogP contribution in [0.5, 0.6) is 0 Å². The van der Waals surface area contributed by atoms with Crippen LogP contribution >= 0.6 is 0 Å². The summed E-state index contributed by atoms with van der Waals surface area (Å²) in [7, 11) is 0. The molecule has 10 heteroatoms. The molecule has 5 aliphatic rings. The lowest BCUT2D eigenvalue weighted by Crippen LogP contribution is -2.48. The van der Waals surface area contributed by atoms with E-state index in [0.29, 0.717) is 13.0 Å². The van der Waals surface area contributed by atoms with Crippen molar-refractivity contribution in [2.45, 2.75) is 37.8 Å². The molecule has 2 fully saturated rings. The molecule has 10 nitrogen and oxygen atoms in total. The lowest BCUT2D eigenvalue weighted by Gasteiger charge is -2.36. The molecule has 40 heavy (non-hydrogen) atoms. The van der Waals surface area contributed by atoms with Crippen LogP contribution in [0.1, 0.15) is 37.3 Å². The standard InChI is InChI=1S/C30H33N9O/c1-21(2)38-19-25(18-36-38)23-4-3-5-27-26(32-15-23)8-11-35-39(27)28-14-30(28)20-37(12-13-40-30)29-33-16-24(17-34-29)22-6-9-31-10-7-22/h3-6,11,15-19,28,31H,1,7-10,12-14,20H2,2H3. The molecule has 2 unspecified atom stereocenters. The monoisotopic (exact) mass is 535 g/mol. The van der Waals surface area contributed by atoms with Crippen LogP contribution in [0.15, 0.2) is 77.2 Å². The highest BCUT2D eigenvalue weighted by atomic mass is 16.5. The third kappa shape index (κ3) is 4.63. The topological polar surface area (TPSA) is 96.1 Å². The highest BCUT2D eigenvalue weighted by Gasteiger charge is 2.62. The molecule has 2 aromatic rings. The first-order chi connectivity index (χ1) is 19.6. The van der Waals surface area contributed by atoms with Crippen LogP contribution in [0.3, 0.4) is 0 Å². The Morgan fingerprint density at radius 1 is 1.20 bits per heavy atom. The zero-order valence-corrected chi connectivity index (χ0v) is 22.7. The van der Waals surface area contributed by atoms with E-state index in [1.54, 1.807) is 4.68 Å². The first-order valence-electron chi connectivity index (χ1n) is 13.9. The predicted octanol–water partition coefficient (Wildman–Crippen LogP) is 3.52. The molecule has 0 radical (unpaired) electrons. The number of hydrogen-bond donors (Lipinski definition) is 1. The Hall–Kier alpha value is -4.15. The minimum Gasteiger partial charge on any atom is -0.369 e. The molecule has 6 heterocycles. The third-order valence-electron chi connectivity index (χ3n) is 8.08. The van der Waals surface area contributed by atoms with Crippen LogP contribution in [0, 0.1) is 0 Å². The maximum Gasteiger partial charge on any atom is 0.225 e. The van der Waals surface area contributed by atoms with Crippen molar-refractivity contribution in [3.8, 4) is 0 Å². The molecular weight excluding hydrogens is 502 g/mol. The Balaban J connectivity index is 1.06. The van der Waals surface area contributed by atoms with Crippen molar-refractivity contribution < 1.29 is 4.74 Å². The lowest BCUT2D eigenvalue weighted by molar-refractivity contribution is 0.00217. The Morgan fingerprint density at radius 3 is 2.90 bits per heavy atom. The second-order valence-corrected chi connectivity index (χ2v) is 10.8. The summed E-state index contributed by atoms with van der Waals surface area (Å²) in [5, 5.41) is 14.6. The van der Waals surface area contributed by atoms with Gasteiger partial charge in [-0.3, -0.25) is 10.0 Å². The van der Waals surface area contributed by atoms with E-state index in [1.165, 1.54) is 5.57 Å². The summed E-state index contributed by atoms with van der Waals surface area (Å²) >= 11 is 0. The number of morpholine rings is 1. The van der Waals surface area contributed by atoms with Crippen molar-refractivity contribution in [2.75, 3.05) is 37.7 Å².